The van der Waals surface area contributed by atoms with Crippen LogP contribution in [0.5, 0.6) is 5.75 Å². The van der Waals surface area contributed by atoms with Crippen LogP contribution in [0.15, 0.2) is 30.3 Å². The maximum Gasteiger partial charge on any atom is 0.311 e. The fourth-order valence-corrected chi connectivity index (χ4v) is 7.75. The van der Waals surface area contributed by atoms with E-state index in [0.29, 0.717) is 18.7 Å². The van der Waals surface area contributed by atoms with Gasteiger partial charge in [0.05, 0.1) is 36.4 Å². The van der Waals surface area contributed by atoms with Gasteiger partial charge in [0.1, 0.15) is 35.4 Å². The number of carbonyl (C=O) groups excluding carboxylic acids is 2. The van der Waals surface area contributed by atoms with Crippen LogP contribution in [0.2, 0.25) is 0 Å². The summed E-state index contributed by atoms with van der Waals surface area (Å²) in [6.45, 7) is 14.1. The minimum atomic E-state index is -1.78. The Morgan fingerprint density at radius 1 is 1.02 bits per heavy atom. The predicted molar refractivity (Wildman–Crippen MR) is 187 cm³/mol. The first-order valence-corrected chi connectivity index (χ1v) is 18.2. The van der Waals surface area contributed by atoms with Gasteiger partial charge < -0.3 is 49.4 Å². The summed E-state index contributed by atoms with van der Waals surface area (Å²) in [7, 11) is 1.81. The topological polar surface area (TPSA) is 175 Å². The molecule has 2 saturated heterocycles. The van der Waals surface area contributed by atoms with Gasteiger partial charge in [-0.05, 0) is 84.9 Å². The second-order valence-corrected chi connectivity index (χ2v) is 15.5. The Labute approximate surface area is 298 Å². The predicted octanol–water partition coefficient (Wildman–Crippen LogP) is 3.09. The van der Waals surface area contributed by atoms with Crippen LogP contribution in [-0.2, 0) is 23.8 Å². The number of aliphatic hydroxyl groups is 5. The zero-order chi connectivity index (χ0) is 37.6. The molecule has 2 fully saturated rings. The number of benzene rings is 1. The van der Waals surface area contributed by atoms with E-state index >= 15 is 0 Å². The van der Waals surface area contributed by atoms with Gasteiger partial charge >= 0.3 is 5.97 Å². The molecule has 0 amide bonds. The van der Waals surface area contributed by atoms with Crippen LogP contribution >= 0.6 is 0 Å². The SMILES string of the molecule is CC[C@H]1OC(=O)[C@H](C)[C@@H](O)[C@H](C)[C@@H](O[C@@H]2O[C@H](C)C[C@H](CC(=O)CCOc3ccccc3)[C@H]2O)[C@](C)(O)C[C@@H](C)CN(C)[C@H](C)[C@@H](O)[C@]1(C)O. The first-order valence-electron chi connectivity index (χ1n) is 18.2. The highest BCUT2D eigenvalue weighted by molar-refractivity contribution is 5.78. The average molecular weight is 710 g/mol. The first kappa shape index (κ1) is 42.3. The molecule has 1 aromatic carbocycles. The molecule has 0 saturated carbocycles. The number of ketones is 1. The van der Waals surface area contributed by atoms with E-state index in [-0.39, 0.29) is 50.1 Å². The Hall–Kier alpha value is -2.16. The summed E-state index contributed by atoms with van der Waals surface area (Å²) in [4.78, 5) is 28.3. The van der Waals surface area contributed by atoms with Gasteiger partial charge in [0.2, 0.25) is 0 Å². The lowest BCUT2D eigenvalue weighted by molar-refractivity contribution is -0.299. The fourth-order valence-electron chi connectivity index (χ4n) is 7.75. The number of aliphatic hydroxyl groups excluding tert-OH is 3. The van der Waals surface area contributed by atoms with E-state index in [1.54, 1.807) is 27.7 Å². The molecule has 0 aromatic heterocycles. The van der Waals surface area contributed by atoms with Gasteiger partial charge in [0.15, 0.2) is 6.29 Å². The zero-order valence-corrected chi connectivity index (χ0v) is 31.4. The van der Waals surface area contributed by atoms with Gasteiger partial charge in [-0.25, -0.2) is 0 Å². The zero-order valence-electron chi connectivity index (χ0n) is 31.4. The van der Waals surface area contributed by atoms with Crippen LogP contribution < -0.4 is 4.74 Å². The van der Waals surface area contributed by atoms with E-state index in [9.17, 15) is 35.1 Å². The van der Waals surface area contributed by atoms with Crippen LogP contribution in [0, 0.1) is 23.7 Å². The molecule has 0 spiro atoms. The lowest BCUT2D eigenvalue weighted by Gasteiger charge is -2.45. The van der Waals surface area contributed by atoms with Crippen molar-refractivity contribution in [3.8, 4) is 5.75 Å². The van der Waals surface area contributed by atoms with Crippen molar-refractivity contribution in [2.75, 3.05) is 20.2 Å². The number of para-hydroxylation sites is 1. The lowest BCUT2D eigenvalue weighted by Crippen LogP contribution is -2.59. The molecule has 50 heavy (non-hydrogen) atoms. The second-order valence-electron chi connectivity index (χ2n) is 15.5. The van der Waals surface area contributed by atoms with Gasteiger partial charge in [-0.3, -0.25) is 9.59 Å². The standard InChI is InChI=1S/C38H63NO11/c1-10-30-38(8,46)33(43)26(6)39(9)21-22(2)20-37(7,45)34(24(4)31(41)25(5)35(44)49-30)50-36-32(42)27(18-23(3)48-36)19-28(40)16-17-47-29-14-12-11-13-15-29/h11-15,22-27,30-34,36,41-43,45-46H,10,16-21H2,1-9H3/t22-,23-,24+,25-,26-,27-,30-,31+,32-,33-,34-,36+,37-,38-/m1/s1. The second kappa shape index (κ2) is 18.1. The highest BCUT2D eigenvalue weighted by Crippen LogP contribution is 2.37. The molecule has 12 nitrogen and oxygen atoms in total. The van der Waals surface area contributed by atoms with Crippen LogP contribution in [0.4, 0.5) is 0 Å². The van der Waals surface area contributed by atoms with Gasteiger partial charge in [0, 0.05) is 31.3 Å². The molecule has 2 aliphatic heterocycles. The largest absolute Gasteiger partial charge is 0.493 e. The number of hydrogen-bond donors (Lipinski definition) is 5. The number of carbonyl (C=O) groups is 2. The quantitative estimate of drug-likeness (QED) is 0.238. The molecule has 0 aliphatic carbocycles. The Kier molecular flexibility index (Phi) is 15.3. The van der Waals surface area contributed by atoms with Crippen LogP contribution in [0.1, 0.15) is 87.5 Å². The summed E-state index contributed by atoms with van der Waals surface area (Å²) in [5.74, 6) is -2.78. The number of rotatable bonds is 9. The van der Waals surface area contributed by atoms with E-state index in [2.05, 4.69) is 0 Å². The molecule has 0 radical (unpaired) electrons. The molecule has 14 atom stereocenters. The number of ether oxygens (including phenoxy) is 4. The van der Waals surface area contributed by atoms with Crippen molar-refractivity contribution in [1.82, 2.24) is 4.90 Å². The van der Waals surface area contributed by atoms with Crippen LogP contribution in [0.3, 0.4) is 0 Å². The number of nitrogens with zero attached hydrogens (tertiary/aromatic N) is 1. The molecule has 0 unspecified atom stereocenters. The summed E-state index contributed by atoms with van der Waals surface area (Å²) < 4.78 is 23.9. The van der Waals surface area contributed by atoms with E-state index in [4.69, 9.17) is 18.9 Å². The molecule has 0 bridgehead atoms. The molecule has 1 aromatic rings. The number of hydrogen-bond acceptors (Lipinski definition) is 12. The number of Topliss-reactive ketones (excluding diaryl/α,β-unsaturated/α-hetero) is 1. The third-order valence-electron chi connectivity index (χ3n) is 10.8. The summed E-state index contributed by atoms with van der Waals surface area (Å²) in [5.41, 5.74) is -3.37. The normalized spacial score (nSPS) is 41.4. The Morgan fingerprint density at radius 3 is 2.28 bits per heavy atom. The van der Waals surface area contributed by atoms with E-state index in [1.165, 1.54) is 13.8 Å². The molecule has 2 aliphatic rings. The summed E-state index contributed by atoms with van der Waals surface area (Å²) in [5, 5.41) is 57.8. The smallest absolute Gasteiger partial charge is 0.311 e. The van der Waals surface area contributed by atoms with Crippen molar-refractivity contribution in [2.45, 2.75) is 148 Å². The van der Waals surface area contributed by atoms with Crippen molar-refractivity contribution in [1.29, 1.82) is 0 Å². The third kappa shape index (κ3) is 10.7. The van der Waals surface area contributed by atoms with E-state index < -0.39 is 77.8 Å². The van der Waals surface area contributed by atoms with Crippen LogP contribution in [0.25, 0.3) is 0 Å². The third-order valence-corrected chi connectivity index (χ3v) is 10.8. The van der Waals surface area contributed by atoms with Gasteiger partial charge in [-0.1, -0.05) is 39.0 Å². The minimum Gasteiger partial charge on any atom is -0.493 e. The maximum atomic E-state index is 13.4. The molecular formula is C38H63NO11. The maximum absolute atomic E-state index is 13.4. The Balaban J connectivity index is 1.85. The van der Waals surface area contributed by atoms with E-state index in [1.807, 2.05) is 56.1 Å². The molecular weight excluding hydrogens is 646 g/mol. The van der Waals surface area contributed by atoms with Crippen molar-refractivity contribution >= 4 is 11.8 Å². The number of esters is 1. The van der Waals surface area contributed by atoms with E-state index in [0.717, 1.165) is 0 Å². The molecule has 2 heterocycles. The Bertz CT molecular complexity index is 1210. The minimum absolute atomic E-state index is 0.0727. The molecule has 286 valence electrons. The number of cyclic esters (lactones) is 1. The monoisotopic (exact) mass is 709 g/mol. The summed E-state index contributed by atoms with van der Waals surface area (Å²) >= 11 is 0. The lowest BCUT2D eigenvalue weighted by atomic mass is 9.78. The van der Waals surface area contributed by atoms with Crippen LogP contribution in [-0.4, -0.2) is 123 Å². The average Bonchev–Trinajstić information content (AvgIpc) is 3.05. The van der Waals surface area contributed by atoms with Gasteiger partial charge in [-0.15, -0.1) is 0 Å². The summed E-state index contributed by atoms with van der Waals surface area (Å²) in [6, 6.07) is 8.67. The Morgan fingerprint density at radius 2 is 1.66 bits per heavy atom. The van der Waals surface area contributed by atoms with Gasteiger partial charge in [-0.2, -0.15) is 0 Å². The van der Waals surface area contributed by atoms with Crippen molar-refractivity contribution in [2.24, 2.45) is 23.7 Å². The van der Waals surface area contributed by atoms with Gasteiger partial charge in [0.25, 0.3) is 0 Å². The highest BCUT2D eigenvalue weighted by atomic mass is 16.7. The molecule has 5 N–H and O–H groups in total. The van der Waals surface area contributed by atoms with Crippen molar-refractivity contribution in [3.63, 3.8) is 0 Å². The molecule has 12 heteroatoms. The van der Waals surface area contributed by atoms with Crippen molar-refractivity contribution < 1.29 is 54.1 Å². The van der Waals surface area contributed by atoms with Crippen molar-refractivity contribution in [3.05, 3.63) is 30.3 Å². The first-order chi connectivity index (χ1) is 23.3. The highest BCUT2D eigenvalue weighted by Gasteiger charge is 2.49. The summed E-state index contributed by atoms with van der Waals surface area (Å²) in [6.07, 6.45) is -6.53. The fraction of sp³-hybridized carbons (Fsp3) is 0.789. The molecule has 3 rings (SSSR count). The number of likely N-dealkylation sites (N-methyl/N-ethyl adjacent to an activating group) is 1.